The highest BCUT2D eigenvalue weighted by Crippen LogP contribution is 2.19. The summed E-state index contributed by atoms with van der Waals surface area (Å²) in [6.07, 6.45) is 1.90. The average molecular weight is 494 g/mol. The van der Waals surface area contributed by atoms with Crippen molar-refractivity contribution >= 4 is 28.9 Å². The summed E-state index contributed by atoms with van der Waals surface area (Å²) in [4.78, 5) is 24.8. The van der Waals surface area contributed by atoms with Gasteiger partial charge in [-0.1, -0.05) is 72.8 Å². The molecule has 0 aliphatic heterocycles. The van der Waals surface area contributed by atoms with Gasteiger partial charge >= 0.3 is 0 Å². The zero-order valence-electron chi connectivity index (χ0n) is 20.7. The molecule has 4 rings (SSSR count). The van der Waals surface area contributed by atoms with E-state index in [-0.39, 0.29) is 18.4 Å². The summed E-state index contributed by atoms with van der Waals surface area (Å²) in [5.41, 5.74) is 4.44. The lowest BCUT2D eigenvalue weighted by Gasteiger charge is -2.11. The SMILES string of the molecule is O=C(CCc1ccccc1)Nc1cccc(NCC(=O)Nc2cccc(OCCc3ccccc3)c2)c1. The zero-order chi connectivity index (χ0) is 25.7. The molecule has 2 amide bonds. The molecule has 188 valence electrons. The molecular weight excluding hydrogens is 462 g/mol. The molecule has 0 heterocycles. The number of benzene rings is 4. The van der Waals surface area contributed by atoms with Crippen LogP contribution in [0.2, 0.25) is 0 Å². The van der Waals surface area contributed by atoms with E-state index in [1.54, 1.807) is 0 Å². The number of carbonyl (C=O) groups is 2. The van der Waals surface area contributed by atoms with Gasteiger partial charge in [0, 0.05) is 36.0 Å². The third-order valence-corrected chi connectivity index (χ3v) is 5.70. The van der Waals surface area contributed by atoms with E-state index >= 15 is 0 Å². The molecule has 6 heteroatoms. The van der Waals surface area contributed by atoms with E-state index in [1.165, 1.54) is 5.56 Å². The van der Waals surface area contributed by atoms with E-state index < -0.39 is 0 Å². The molecule has 6 nitrogen and oxygen atoms in total. The lowest BCUT2D eigenvalue weighted by molar-refractivity contribution is -0.116. The van der Waals surface area contributed by atoms with Crippen LogP contribution in [0.4, 0.5) is 17.1 Å². The van der Waals surface area contributed by atoms with Crippen LogP contribution >= 0.6 is 0 Å². The first-order valence-corrected chi connectivity index (χ1v) is 12.4. The Hall–Kier alpha value is -4.58. The predicted octanol–water partition coefficient (Wildman–Crippen LogP) is 5.93. The molecule has 4 aromatic rings. The molecule has 0 aliphatic rings. The zero-order valence-corrected chi connectivity index (χ0v) is 20.7. The maximum atomic E-state index is 12.5. The Morgan fingerprint density at radius 3 is 1.92 bits per heavy atom. The van der Waals surface area contributed by atoms with Crippen molar-refractivity contribution in [3.63, 3.8) is 0 Å². The third kappa shape index (κ3) is 8.85. The first-order chi connectivity index (χ1) is 18.1. The molecule has 4 aromatic carbocycles. The van der Waals surface area contributed by atoms with Crippen molar-refractivity contribution in [1.82, 2.24) is 0 Å². The average Bonchev–Trinajstić information content (AvgIpc) is 2.92. The Kier molecular flexibility index (Phi) is 9.30. The van der Waals surface area contributed by atoms with E-state index in [9.17, 15) is 9.59 Å². The Morgan fingerprint density at radius 2 is 1.19 bits per heavy atom. The highest BCUT2D eigenvalue weighted by molar-refractivity contribution is 5.94. The normalized spacial score (nSPS) is 10.4. The first kappa shape index (κ1) is 25.5. The molecule has 0 saturated carbocycles. The molecule has 0 spiro atoms. The van der Waals surface area contributed by atoms with Gasteiger partial charge in [0.05, 0.1) is 13.2 Å². The van der Waals surface area contributed by atoms with Crippen LogP contribution in [0.5, 0.6) is 5.75 Å². The van der Waals surface area contributed by atoms with Gasteiger partial charge in [0.2, 0.25) is 11.8 Å². The fourth-order valence-corrected chi connectivity index (χ4v) is 3.82. The Morgan fingerprint density at radius 1 is 0.595 bits per heavy atom. The van der Waals surface area contributed by atoms with Crippen molar-refractivity contribution in [2.75, 3.05) is 29.1 Å². The van der Waals surface area contributed by atoms with Crippen molar-refractivity contribution < 1.29 is 14.3 Å². The van der Waals surface area contributed by atoms with Gasteiger partial charge in [-0.15, -0.1) is 0 Å². The summed E-state index contributed by atoms with van der Waals surface area (Å²) < 4.78 is 5.85. The summed E-state index contributed by atoms with van der Waals surface area (Å²) in [5.74, 6) is 0.473. The molecule has 0 radical (unpaired) electrons. The van der Waals surface area contributed by atoms with Crippen LogP contribution in [0.15, 0.2) is 109 Å². The Labute approximate surface area is 217 Å². The number of carbonyl (C=O) groups excluding carboxylic acids is 2. The molecule has 37 heavy (non-hydrogen) atoms. The highest BCUT2D eigenvalue weighted by Gasteiger charge is 2.07. The summed E-state index contributed by atoms with van der Waals surface area (Å²) in [6, 6.07) is 34.8. The van der Waals surface area contributed by atoms with Gasteiger partial charge in [-0.05, 0) is 47.9 Å². The van der Waals surface area contributed by atoms with Crippen LogP contribution < -0.4 is 20.7 Å². The number of nitrogens with one attached hydrogen (secondary N) is 3. The second-order valence-corrected chi connectivity index (χ2v) is 8.63. The van der Waals surface area contributed by atoms with Crippen LogP contribution in [0, 0.1) is 0 Å². The molecule has 0 bridgehead atoms. The Bertz CT molecular complexity index is 1290. The number of rotatable bonds is 12. The lowest BCUT2D eigenvalue weighted by Crippen LogP contribution is -2.21. The number of aryl methyl sites for hydroxylation is 1. The van der Waals surface area contributed by atoms with Crippen LogP contribution in [0.25, 0.3) is 0 Å². The van der Waals surface area contributed by atoms with Gasteiger partial charge in [-0.3, -0.25) is 9.59 Å². The predicted molar refractivity (Wildman–Crippen MR) is 149 cm³/mol. The second-order valence-electron chi connectivity index (χ2n) is 8.63. The highest BCUT2D eigenvalue weighted by atomic mass is 16.5. The standard InChI is InChI=1S/C31H31N3O3/c35-30(18-17-24-9-3-1-4-10-24)33-27-14-7-13-26(21-27)32-23-31(36)34-28-15-8-16-29(22-28)37-20-19-25-11-5-2-6-12-25/h1-16,21-22,32H,17-20,23H2,(H,33,35)(H,34,36). The van der Waals surface area contributed by atoms with Gasteiger partial charge in [0.1, 0.15) is 5.75 Å². The minimum Gasteiger partial charge on any atom is -0.493 e. The molecule has 0 aliphatic carbocycles. The summed E-state index contributed by atoms with van der Waals surface area (Å²) in [7, 11) is 0. The number of hydrogen-bond acceptors (Lipinski definition) is 4. The summed E-state index contributed by atoms with van der Waals surface area (Å²) in [5, 5.41) is 8.92. The van der Waals surface area contributed by atoms with E-state index in [1.807, 2.05) is 97.1 Å². The molecule has 0 saturated heterocycles. The van der Waals surface area contributed by atoms with Crippen molar-refractivity contribution in [2.24, 2.45) is 0 Å². The maximum absolute atomic E-state index is 12.5. The van der Waals surface area contributed by atoms with Gasteiger partial charge in [-0.25, -0.2) is 0 Å². The van der Waals surface area contributed by atoms with E-state index in [0.717, 1.165) is 17.7 Å². The van der Waals surface area contributed by atoms with Crippen molar-refractivity contribution in [3.05, 3.63) is 120 Å². The number of anilines is 3. The molecule has 0 aromatic heterocycles. The van der Waals surface area contributed by atoms with Crippen LogP contribution in [-0.2, 0) is 22.4 Å². The fraction of sp³-hybridized carbons (Fsp3) is 0.161. The van der Waals surface area contributed by atoms with Crippen LogP contribution in [0.3, 0.4) is 0 Å². The molecular formula is C31H31N3O3. The molecule has 0 fully saturated rings. The third-order valence-electron chi connectivity index (χ3n) is 5.70. The van der Waals surface area contributed by atoms with E-state index in [0.29, 0.717) is 36.6 Å². The number of hydrogen-bond donors (Lipinski definition) is 3. The largest absolute Gasteiger partial charge is 0.493 e. The van der Waals surface area contributed by atoms with Crippen molar-refractivity contribution in [3.8, 4) is 5.75 Å². The molecule has 0 atom stereocenters. The van der Waals surface area contributed by atoms with Gasteiger partial charge in [-0.2, -0.15) is 0 Å². The quantitative estimate of drug-likeness (QED) is 0.229. The first-order valence-electron chi connectivity index (χ1n) is 12.4. The van der Waals surface area contributed by atoms with Crippen molar-refractivity contribution in [2.45, 2.75) is 19.3 Å². The van der Waals surface area contributed by atoms with E-state index in [4.69, 9.17) is 4.74 Å². The number of amides is 2. The topological polar surface area (TPSA) is 79.5 Å². The summed E-state index contributed by atoms with van der Waals surface area (Å²) in [6.45, 7) is 0.645. The van der Waals surface area contributed by atoms with Gasteiger partial charge < -0.3 is 20.7 Å². The van der Waals surface area contributed by atoms with Crippen LogP contribution in [-0.4, -0.2) is 25.0 Å². The van der Waals surface area contributed by atoms with Crippen LogP contribution in [0.1, 0.15) is 17.5 Å². The number of ether oxygens (including phenoxy) is 1. The fourth-order valence-electron chi connectivity index (χ4n) is 3.82. The lowest BCUT2D eigenvalue weighted by atomic mass is 10.1. The monoisotopic (exact) mass is 493 g/mol. The molecule has 3 N–H and O–H groups in total. The summed E-state index contributed by atoms with van der Waals surface area (Å²) >= 11 is 0. The van der Waals surface area contributed by atoms with Crippen molar-refractivity contribution in [1.29, 1.82) is 0 Å². The second kappa shape index (κ2) is 13.5. The minimum absolute atomic E-state index is 0.0513. The van der Waals surface area contributed by atoms with Gasteiger partial charge in [0.15, 0.2) is 0 Å². The molecule has 0 unspecified atom stereocenters. The Balaban J connectivity index is 1.20. The van der Waals surface area contributed by atoms with E-state index in [2.05, 4.69) is 28.1 Å². The maximum Gasteiger partial charge on any atom is 0.243 e. The van der Waals surface area contributed by atoms with Gasteiger partial charge in [0.25, 0.3) is 0 Å². The minimum atomic E-state index is -0.182. The smallest absolute Gasteiger partial charge is 0.243 e.